The van der Waals surface area contributed by atoms with Crippen molar-refractivity contribution in [1.82, 2.24) is 35.5 Å². The van der Waals surface area contributed by atoms with Crippen LogP contribution >= 0.6 is 0 Å². The molecule has 2 N–H and O–H groups in total. The standard InChI is InChI=1S/C19H24N8O/c1-12(2)17-11-27(7-6-20-17)19-21-9-16(23-24-19)14-5-4-13(8-18(14)28)15-10-22-26(3)25-15/h4-5,8-10,12,17,20,28H,6-7,11H2,1-3H3/t17-/m1/s1. The number of nitrogens with one attached hydrogen (secondary N) is 1. The van der Waals surface area contributed by atoms with Crippen molar-refractivity contribution in [3.8, 4) is 28.3 Å². The van der Waals surface area contributed by atoms with Crippen molar-refractivity contribution >= 4 is 5.95 Å². The van der Waals surface area contributed by atoms with E-state index in [1.807, 2.05) is 6.07 Å². The van der Waals surface area contributed by atoms with Gasteiger partial charge in [0.2, 0.25) is 5.95 Å². The van der Waals surface area contributed by atoms with Crippen molar-refractivity contribution in [2.75, 3.05) is 24.5 Å². The van der Waals surface area contributed by atoms with Crippen LogP contribution < -0.4 is 10.2 Å². The van der Waals surface area contributed by atoms with Gasteiger partial charge >= 0.3 is 0 Å². The molecule has 0 unspecified atom stereocenters. The summed E-state index contributed by atoms with van der Waals surface area (Å²) >= 11 is 0. The summed E-state index contributed by atoms with van der Waals surface area (Å²) in [7, 11) is 1.75. The van der Waals surface area contributed by atoms with Crippen molar-refractivity contribution < 1.29 is 5.11 Å². The van der Waals surface area contributed by atoms with Crippen LogP contribution in [0.5, 0.6) is 5.75 Å². The second kappa shape index (κ2) is 7.51. The molecular formula is C19H24N8O. The van der Waals surface area contributed by atoms with Gasteiger partial charge in [0.05, 0.1) is 12.4 Å². The van der Waals surface area contributed by atoms with E-state index in [9.17, 15) is 5.11 Å². The van der Waals surface area contributed by atoms with E-state index in [1.165, 1.54) is 4.80 Å². The smallest absolute Gasteiger partial charge is 0.245 e. The molecule has 1 fully saturated rings. The Hall–Kier alpha value is -3.07. The number of aromatic nitrogens is 6. The van der Waals surface area contributed by atoms with Gasteiger partial charge in [-0.1, -0.05) is 19.9 Å². The highest BCUT2D eigenvalue weighted by Gasteiger charge is 2.23. The van der Waals surface area contributed by atoms with Crippen LogP contribution in [0, 0.1) is 5.92 Å². The molecule has 28 heavy (non-hydrogen) atoms. The maximum Gasteiger partial charge on any atom is 0.245 e. The average molecular weight is 380 g/mol. The van der Waals surface area contributed by atoms with Gasteiger partial charge in [0.25, 0.3) is 0 Å². The Morgan fingerprint density at radius 2 is 2.04 bits per heavy atom. The molecule has 9 nitrogen and oxygen atoms in total. The van der Waals surface area contributed by atoms with Crippen LogP contribution in [0.3, 0.4) is 0 Å². The molecule has 1 aliphatic rings. The van der Waals surface area contributed by atoms with Crippen LogP contribution in [0.2, 0.25) is 0 Å². The summed E-state index contributed by atoms with van der Waals surface area (Å²) in [5, 5.41) is 30.9. The lowest BCUT2D eigenvalue weighted by molar-refractivity contribution is 0.365. The quantitative estimate of drug-likeness (QED) is 0.701. The molecule has 1 aromatic carbocycles. The number of rotatable bonds is 4. The number of hydrogen-bond acceptors (Lipinski definition) is 8. The SMILES string of the molecule is CC(C)[C@H]1CN(c2ncc(-c3ccc(-c4cnn(C)n4)cc3O)nn2)CCN1. The van der Waals surface area contributed by atoms with Crippen LogP contribution in [-0.4, -0.2) is 61.0 Å². The molecule has 2 aromatic heterocycles. The van der Waals surface area contributed by atoms with Gasteiger partial charge in [-0.2, -0.15) is 15.0 Å². The fourth-order valence-electron chi connectivity index (χ4n) is 3.33. The lowest BCUT2D eigenvalue weighted by Crippen LogP contribution is -2.53. The molecule has 0 spiro atoms. The molecule has 1 atom stereocenters. The first kappa shape index (κ1) is 18.3. The van der Waals surface area contributed by atoms with Crippen LogP contribution in [-0.2, 0) is 7.05 Å². The van der Waals surface area contributed by atoms with Crippen molar-refractivity contribution in [1.29, 1.82) is 0 Å². The molecule has 0 aliphatic carbocycles. The van der Waals surface area contributed by atoms with E-state index in [-0.39, 0.29) is 5.75 Å². The van der Waals surface area contributed by atoms with Crippen LogP contribution in [0.25, 0.3) is 22.5 Å². The Morgan fingerprint density at radius 3 is 2.68 bits per heavy atom. The maximum atomic E-state index is 10.5. The van der Waals surface area contributed by atoms with Crippen molar-refractivity contribution in [2.45, 2.75) is 19.9 Å². The predicted molar refractivity (Wildman–Crippen MR) is 106 cm³/mol. The third-order valence-electron chi connectivity index (χ3n) is 5.01. The first-order chi connectivity index (χ1) is 13.5. The molecule has 4 rings (SSSR count). The van der Waals surface area contributed by atoms with Crippen molar-refractivity contribution in [2.24, 2.45) is 13.0 Å². The molecule has 1 saturated heterocycles. The van der Waals surface area contributed by atoms with Crippen LogP contribution in [0.4, 0.5) is 5.95 Å². The summed E-state index contributed by atoms with van der Waals surface area (Å²) in [6.07, 6.45) is 3.31. The maximum absolute atomic E-state index is 10.5. The number of benzene rings is 1. The topological polar surface area (TPSA) is 105 Å². The Bertz CT molecular complexity index is 953. The summed E-state index contributed by atoms with van der Waals surface area (Å²) in [5.74, 6) is 1.26. The fraction of sp³-hybridized carbons (Fsp3) is 0.421. The number of phenolic OH excluding ortho intramolecular Hbond substituents is 1. The summed E-state index contributed by atoms with van der Waals surface area (Å²) in [6.45, 7) is 7.02. The number of piperazine rings is 1. The molecule has 0 saturated carbocycles. The van der Waals surface area contributed by atoms with E-state index in [0.717, 1.165) is 25.2 Å². The van der Waals surface area contributed by atoms with E-state index in [4.69, 9.17) is 0 Å². The first-order valence-corrected chi connectivity index (χ1v) is 9.39. The van der Waals surface area contributed by atoms with Gasteiger partial charge in [0.1, 0.15) is 17.1 Å². The number of phenols is 1. The number of hydrogen-bond donors (Lipinski definition) is 2. The van der Waals surface area contributed by atoms with Gasteiger partial charge in [-0.15, -0.1) is 10.2 Å². The van der Waals surface area contributed by atoms with E-state index >= 15 is 0 Å². The van der Waals surface area contributed by atoms with Gasteiger partial charge in [0.15, 0.2) is 0 Å². The Balaban J connectivity index is 1.54. The van der Waals surface area contributed by atoms with Crippen molar-refractivity contribution in [3.63, 3.8) is 0 Å². The first-order valence-electron chi connectivity index (χ1n) is 9.39. The highest BCUT2D eigenvalue weighted by molar-refractivity contribution is 5.72. The van der Waals surface area contributed by atoms with Gasteiger partial charge < -0.3 is 15.3 Å². The third-order valence-corrected chi connectivity index (χ3v) is 5.01. The molecule has 146 valence electrons. The summed E-state index contributed by atoms with van der Waals surface area (Å²) in [6, 6.07) is 5.73. The average Bonchev–Trinajstić information content (AvgIpc) is 3.14. The normalized spacial score (nSPS) is 17.3. The second-order valence-corrected chi connectivity index (χ2v) is 7.35. The third kappa shape index (κ3) is 3.65. The molecule has 3 aromatic rings. The molecule has 9 heteroatoms. The Kier molecular flexibility index (Phi) is 4.91. The zero-order chi connectivity index (χ0) is 19.7. The van der Waals surface area contributed by atoms with Gasteiger partial charge in [0, 0.05) is 43.9 Å². The number of anilines is 1. The number of aromatic hydroxyl groups is 1. The van der Waals surface area contributed by atoms with E-state index in [1.54, 1.807) is 31.6 Å². The van der Waals surface area contributed by atoms with Crippen LogP contribution in [0.15, 0.2) is 30.6 Å². The molecule has 1 aliphatic heterocycles. The second-order valence-electron chi connectivity index (χ2n) is 7.35. The number of nitrogens with zero attached hydrogens (tertiary/aromatic N) is 7. The predicted octanol–water partition coefficient (Wildman–Crippen LogP) is 1.47. The van der Waals surface area contributed by atoms with E-state index in [2.05, 4.69) is 49.4 Å². The Morgan fingerprint density at radius 1 is 1.18 bits per heavy atom. The summed E-state index contributed by atoms with van der Waals surface area (Å²) < 4.78 is 0. The Labute approximate surface area is 163 Å². The molecule has 0 bridgehead atoms. The lowest BCUT2D eigenvalue weighted by Gasteiger charge is -2.35. The minimum absolute atomic E-state index is 0.106. The zero-order valence-electron chi connectivity index (χ0n) is 16.2. The van der Waals surface area contributed by atoms with Gasteiger partial charge in [-0.3, -0.25) is 0 Å². The highest BCUT2D eigenvalue weighted by atomic mass is 16.3. The largest absolute Gasteiger partial charge is 0.507 e. The van der Waals surface area contributed by atoms with Crippen LogP contribution in [0.1, 0.15) is 13.8 Å². The number of aryl methyl sites for hydroxylation is 1. The summed E-state index contributed by atoms with van der Waals surface area (Å²) in [4.78, 5) is 8.11. The van der Waals surface area contributed by atoms with Crippen molar-refractivity contribution in [3.05, 3.63) is 30.6 Å². The minimum atomic E-state index is 0.106. The van der Waals surface area contributed by atoms with E-state index in [0.29, 0.717) is 34.9 Å². The fourth-order valence-corrected chi connectivity index (χ4v) is 3.33. The summed E-state index contributed by atoms with van der Waals surface area (Å²) in [5.41, 5.74) is 2.59. The van der Waals surface area contributed by atoms with E-state index < -0.39 is 0 Å². The highest BCUT2D eigenvalue weighted by Crippen LogP contribution is 2.31. The van der Waals surface area contributed by atoms with Gasteiger partial charge in [-0.25, -0.2) is 4.98 Å². The molecule has 0 radical (unpaired) electrons. The molecule has 0 amide bonds. The lowest BCUT2D eigenvalue weighted by atomic mass is 10.0. The zero-order valence-corrected chi connectivity index (χ0v) is 16.2. The van der Waals surface area contributed by atoms with Gasteiger partial charge in [-0.05, 0) is 18.1 Å². The molecule has 3 heterocycles. The molecular weight excluding hydrogens is 356 g/mol. The monoisotopic (exact) mass is 380 g/mol. The minimum Gasteiger partial charge on any atom is -0.507 e.